The Morgan fingerprint density at radius 1 is 0.200 bits per heavy atom. The Balaban J connectivity index is 0.665. The molecule has 0 radical (unpaired) electrons. The van der Waals surface area contributed by atoms with Crippen LogP contribution in [0.25, 0.3) is 91.1 Å². The number of benzene rings is 13. The summed E-state index contributed by atoms with van der Waals surface area (Å²) in [6, 6.07) is 115. The topological polar surface area (TPSA) is 6.48 Å². The van der Waals surface area contributed by atoms with E-state index in [4.69, 9.17) is 0 Å². The van der Waals surface area contributed by atoms with Crippen molar-refractivity contribution in [2.75, 3.05) is 9.80 Å². The van der Waals surface area contributed by atoms with E-state index < -0.39 is 0 Å². The molecule has 0 saturated heterocycles. The molecule has 430 valence electrons. The minimum Gasteiger partial charge on any atom is -0.310 e. The zero-order valence-corrected chi connectivity index (χ0v) is 51.2. The standard InChI is InChI=1S/C88H68N2/c1-87(2)83-53-63(45-49-79(83)81-51-47-77(59-85(81)87)89(73-33-17-29-69(55-73)65-21-9-5-10-22-65)74-34-18-30-70(56-74)66-23-11-6-12-24-66)43-41-61-37-39-62(40-38-61)42-44-64-46-50-80-82-52-48-78(60-86(82)88(3,4)84(80)54-64)90(75-35-19-31-71(57-75)67-25-13-7-14-26-67)76-36-20-32-72(58-76)68-27-15-8-16-28-68/h5-60H,1-4H3. The number of hydrogen-bond acceptors (Lipinski definition) is 2. The van der Waals surface area contributed by atoms with Crippen LogP contribution in [0.4, 0.5) is 34.1 Å². The predicted octanol–water partition coefficient (Wildman–Crippen LogP) is 24.2. The maximum atomic E-state index is 2.43. The molecule has 2 aliphatic rings. The summed E-state index contributed by atoms with van der Waals surface area (Å²) in [7, 11) is 0. The van der Waals surface area contributed by atoms with Crippen LogP contribution in [-0.2, 0) is 10.8 Å². The number of rotatable bonds is 14. The van der Waals surface area contributed by atoms with Gasteiger partial charge in [0.2, 0.25) is 0 Å². The Morgan fingerprint density at radius 2 is 0.433 bits per heavy atom. The van der Waals surface area contributed by atoms with E-state index in [0.717, 1.165) is 45.3 Å². The highest BCUT2D eigenvalue weighted by Gasteiger charge is 2.38. The lowest BCUT2D eigenvalue weighted by Crippen LogP contribution is -2.16. The Kier molecular flexibility index (Phi) is 14.3. The fourth-order valence-electron chi connectivity index (χ4n) is 13.8. The van der Waals surface area contributed by atoms with Crippen molar-refractivity contribution in [3.8, 4) is 66.8 Å². The number of fused-ring (bicyclic) bond motifs is 6. The molecule has 2 nitrogen and oxygen atoms in total. The van der Waals surface area contributed by atoms with Gasteiger partial charge in [0.25, 0.3) is 0 Å². The molecule has 0 aliphatic heterocycles. The van der Waals surface area contributed by atoms with Crippen LogP contribution in [0.1, 0.15) is 72.2 Å². The summed E-state index contributed by atoms with van der Waals surface area (Å²) in [5, 5.41) is 0. The zero-order valence-electron chi connectivity index (χ0n) is 51.2. The highest BCUT2D eigenvalue weighted by atomic mass is 15.1. The van der Waals surface area contributed by atoms with Gasteiger partial charge in [-0.25, -0.2) is 0 Å². The van der Waals surface area contributed by atoms with Crippen LogP contribution in [0.5, 0.6) is 0 Å². The monoisotopic (exact) mass is 1150 g/mol. The van der Waals surface area contributed by atoms with Crippen LogP contribution in [0.3, 0.4) is 0 Å². The second-order valence-corrected chi connectivity index (χ2v) is 25.0. The minimum atomic E-state index is -0.223. The third-order valence-corrected chi connectivity index (χ3v) is 18.6. The van der Waals surface area contributed by atoms with E-state index in [1.165, 1.54) is 100 Å². The van der Waals surface area contributed by atoms with Crippen LogP contribution in [-0.4, -0.2) is 0 Å². The van der Waals surface area contributed by atoms with Gasteiger partial charge in [0, 0.05) is 45.0 Å². The third-order valence-electron chi connectivity index (χ3n) is 18.6. The molecule has 0 spiro atoms. The van der Waals surface area contributed by atoms with E-state index in [1.807, 2.05) is 0 Å². The average molecular weight is 1150 g/mol. The van der Waals surface area contributed by atoms with E-state index >= 15 is 0 Å². The van der Waals surface area contributed by atoms with Gasteiger partial charge in [-0.3, -0.25) is 0 Å². The van der Waals surface area contributed by atoms with Crippen LogP contribution in [0.15, 0.2) is 315 Å². The summed E-state index contributed by atoms with van der Waals surface area (Å²) >= 11 is 0. The molecule has 0 fully saturated rings. The molecule has 0 N–H and O–H groups in total. The summed E-state index contributed by atoms with van der Waals surface area (Å²) in [5.41, 5.74) is 31.0. The summed E-state index contributed by atoms with van der Waals surface area (Å²) in [6.07, 6.45) is 8.99. The molecule has 2 heteroatoms. The Morgan fingerprint density at radius 3 is 0.733 bits per heavy atom. The van der Waals surface area contributed by atoms with Crippen LogP contribution in [0.2, 0.25) is 0 Å². The first-order valence-corrected chi connectivity index (χ1v) is 31.4. The smallest absolute Gasteiger partial charge is 0.0467 e. The van der Waals surface area contributed by atoms with Crippen molar-refractivity contribution in [3.63, 3.8) is 0 Å². The Bertz CT molecular complexity index is 4380. The highest BCUT2D eigenvalue weighted by molar-refractivity contribution is 5.91. The highest BCUT2D eigenvalue weighted by Crippen LogP contribution is 2.53. The molecule has 13 aromatic rings. The second-order valence-electron chi connectivity index (χ2n) is 25.0. The molecule has 0 unspecified atom stereocenters. The van der Waals surface area contributed by atoms with E-state index in [1.54, 1.807) is 0 Å². The quantitative estimate of drug-likeness (QED) is 0.100. The zero-order chi connectivity index (χ0) is 60.8. The van der Waals surface area contributed by atoms with Gasteiger partial charge in [-0.1, -0.05) is 295 Å². The normalized spacial score (nSPS) is 13.2. The van der Waals surface area contributed by atoms with Crippen LogP contribution in [0, 0.1) is 0 Å². The first-order chi connectivity index (χ1) is 44.1. The maximum absolute atomic E-state index is 2.43. The first-order valence-electron chi connectivity index (χ1n) is 31.4. The van der Waals surface area contributed by atoms with E-state index in [2.05, 4.69) is 377 Å². The fraction of sp³-hybridized carbons (Fsp3) is 0.0682. The lowest BCUT2D eigenvalue weighted by Gasteiger charge is -2.29. The lowest BCUT2D eigenvalue weighted by molar-refractivity contribution is 0.660. The molecule has 0 bridgehead atoms. The minimum absolute atomic E-state index is 0.223. The van der Waals surface area contributed by atoms with Gasteiger partial charge < -0.3 is 9.80 Å². The van der Waals surface area contributed by atoms with Gasteiger partial charge in [-0.05, 0) is 184 Å². The number of nitrogens with zero attached hydrogens (tertiary/aromatic N) is 2. The van der Waals surface area contributed by atoms with Crippen LogP contribution >= 0.6 is 0 Å². The molecule has 0 saturated carbocycles. The second kappa shape index (κ2) is 23.2. The molecular weight excluding hydrogens is 1080 g/mol. The third kappa shape index (κ3) is 10.6. The number of hydrogen-bond donors (Lipinski definition) is 0. The van der Waals surface area contributed by atoms with Crippen molar-refractivity contribution in [2.24, 2.45) is 0 Å². The largest absolute Gasteiger partial charge is 0.310 e. The van der Waals surface area contributed by atoms with Crippen molar-refractivity contribution in [1.29, 1.82) is 0 Å². The van der Waals surface area contributed by atoms with Crippen LogP contribution < -0.4 is 9.80 Å². The van der Waals surface area contributed by atoms with Crippen molar-refractivity contribution < 1.29 is 0 Å². The Hall–Kier alpha value is -11.1. The van der Waals surface area contributed by atoms with Crippen molar-refractivity contribution in [1.82, 2.24) is 0 Å². The lowest BCUT2D eigenvalue weighted by atomic mass is 9.81. The van der Waals surface area contributed by atoms with Gasteiger partial charge in [0.05, 0.1) is 0 Å². The van der Waals surface area contributed by atoms with Crippen molar-refractivity contribution in [2.45, 2.75) is 38.5 Å². The van der Waals surface area contributed by atoms with Gasteiger partial charge in [-0.15, -0.1) is 0 Å². The van der Waals surface area contributed by atoms with Gasteiger partial charge >= 0.3 is 0 Å². The van der Waals surface area contributed by atoms with Crippen molar-refractivity contribution in [3.05, 3.63) is 360 Å². The fourth-order valence-corrected chi connectivity index (χ4v) is 13.8. The molecule has 2 aliphatic carbocycles. The summed E-state index contributed by atoms with van der Waals surface area (Å²) in [4.78, 5) is 4.84. The number of anilines is 6. The predicted molar refractivity (Wildman–Crippen MR) is 383 cm³/mol. The van der Waals surface area contributed by atoms with Gasteiger partial charge in [0.15, 0.2) is 0 Å². The van der Waals surface area contributed by atoms with E-state index in [0.29, 0.717) is 0 Å². The molecule has 0 atom stereocenters. The summed E-state index contributed by atoms with van der Waals surface area (Å²) < 4.78 is 0. The van der Waals surface area contributed by atoms with E-state index in [9.17, 15) is 0 Å². The first kappa shape index (κ1) is 55.5. The molecule has 0 heterocycles. The Labute approximate surface area is 530 Å². The molecule has 0 amide bonds. The maximum Gasteiger partial charge on any atom is 0.0467 e. The molecule has 0 aromatic heterocycles. The SMILES string of the molecule is CC1(C)c2cc(C=Cc3ccc(C=Cc4ccc5c(c4)C(C)(C)c4cc(N(c6cccc(-c7ccccc7)c6)c6cccc(-c7ccccc7)c6)ccc4-5)cc3)ccc2-c2ccc(N(c3cccc(-c4ccccc4)c3)c3cccc(-c4ccccc4)c3)cc21. The molecular formula is C88H68N2. The molecule has 90 heavy (non-hydrogen) atoms. The van der Waals surface area contributed by atoms with Crippen molar-refractivity contribution >= 4 is 58.4 Å². The summed E-state index contributed by atoms with van der Waals surface area (Å²) in [6.45, 7) is 9.52. The average Bonchev–Trinajstić information content (AvgIpc) is 2.35. The van der Waals surface area contributed by atoms with Gasteiger partial charge in [0.1, 0.15) is 0 Å². The molecule has 13 aromatic carbocycles. The van der Waals surface area contributed by atoms with E-state index in [-0.39, 0.29) is 10.8 Å². The summed E-state index contributed by atoms with van der Waals surface area (Å²) in [5.74, 6) is 0. The molecule has 15 rings (SSSR count). The van der Waals surface area contributed by atoms with Gasteiger partial charge in [-0.2, -0.15) is 0 Å².